The molecule has 0 amide bonds. The normalized spacial score (nSPS) is 11.9. The summed E-state index contributed by atoms with van der Waals surface area (Å²) in [6.45, 7) is 3.63. The maximum absolute atomic E-state index is 8.69. The van der Waals surface area contributed by atoms with Gasteiger partial charge in [-0.2, -0.15) is 0 Å². The first-order chi connectivity index (χ1) is 11.6. The van der Waals surface area contributed by atoms with E-state index in [0.717, 1.165) is 4.48 Å². The number of nitrogens with zero attached hydrogens (tertiary/aromatic N) is 1. The van der Waals surface area contributed by atoms with E-state index in [0.29, 0.717) is 0 Å². The molecule has 0 radical (unpaired) electrons. The van der Waals surface area contributed by atoms with E-state index < -0.39 is 13.0 Å². The van der Waals surface area contributed by atoms with Gasteiger partial charge in [0.1, 0.15) is 0 Å². The Balaban J connectivity index is 0. The minimum atomic E-state index is -5.38. The third-order valence-corrected chi connectivity index (χ3v) is 4.18. The van der Waals surface area contributed by atoms with Crippen LogP contribution in [-0.4, -0.2) is 36.4 Å². The third-order valence-electron chi connectivity index (χ3n) is 4.18. The Labute approximate surface area is 157 Å². The van der Waals surface area contributed by atoms with Crippen LogP contribution in [0.5, 0.6) is 0 Å². The standard InChI is InChI=1S/C19H42N.Mn.H2O.3O/c1-5-6-7-8-9-10-11-12-13-14-15-16-17-18-19-20(2,3)4;;;;;/h5-19H2,1-4H3;;1H2;;;/q2*+1;;;;/p-1. The van der Waals surface area contributed by atoms with E-state index in [9.17, 15) is 0 Å². The Morgan fingerprint density at radius 1 is 0.600 bits per heavy atom. The van der Waals surface area contributed by atoms with Gasteiger partial charge < -0.3 is 4.48 Å². The van der Waals surface area contributed by atoms with Crippen LogP contribution in [0.1, 0.15) is 96.8 Å². The number of hydrogen-bond donors (Lipinski definition) is 1. The van der Waals surface area contributed by atoms with Crippen molar-refractivity contribution in [1.82, 2.24) is 0 Å². The summed E-state index contributed by atoms with van der Waals surface area (Å²) in [7, 11) is 6.88. The van der Waals surface area contributed by atoms with Gasteiger partial charge in [0.25, 0.3) is 0 Å². The molecule has 25 heavy (non-hydrogen) atoms. The van der Waals surface area contributed by atoms with E-state index in [4.69, 9.17) is 15.7 Å². The molecular weight excluding hydrogens is 361 g/mol. The quantitative estimate of drug-likeness (QED) is 0.230. The monoisotopic (exact) mass is 404 g/mol. The molecule has 0 saturated heterocycles. The molecule has 0 atom stereocenters. The van der Waals surface area contributed by atoms with Crippen molar-refractivity contribution < 1.29 is 33.1 Å². The molecule has 6 heteroatoms. The van der Waals surface area contributed by atoms with Crippen molar-refractivity contribution in [3.05, 3.63) is 0 Å². The topological polar surface area (TPSA) is 71.4 Å². The number of unbranched alkanes of at least 4 members (excludes halogenated alkanes) is 13. The Morgan fingerprint density at radius 2 is 0.840 bits per heavy atom. The van der Waals surface area contributed by atoms with Gasteiger partial charge in [-0.25, -0.2) is 0 Å². The molecule has 5 nitrogen and oxygen atoms in total. The van der Waals surface area contributed by atoms with Crippen LogP contribution in [0.2, 0.25) is 0 Å². The summed E-state index contributed by atoms with van der Waals surface area (Å²) in [4.78, 5) is 0. The Bertz CT molecular complexity index is 408. The van der Waals surface area contributed by atoms with Gasteiger partial charge in [-0.05, 0) is 12.8 Å². The van der Waals surface area contributed by atoms with Crippen molar-refractivity contribution in [3.8, 4) is 0 Å². The second-order valence-electron chi connectivity index (χ2n) is 8.01. The molecule has 0 aromatic rings. The van der Waals surface area contributed by atoms with Gasteiger partial charge >= 0.3 is 28.7 Å². The van der Waals surface area contributed by atoms with Crippen LogP contribution in [0.3, 0.4) is 0 Å². The Kier molecular flexibility index (Phi) is 18.7. The summed E-state index contributed by atoms with van der Waals surface area (Å²) in [6, 6.07) is 0. The maximum atomic E-state index is 8.69. The van der Waals surface area contributed by atoms with Crippen LogP contribution in [0.4, 0.5) is 0 Å². The summed E-state index contributed by atoms with van der Waals surface area (Å²) < 4.78 is 34.2. The van der Waals surface area contributed by atoms with Gasteiger partial charge in [0.2, 0.25) is 0 Å². The van der Waals surface area contributed by atoms with E-state index in [2.05, 4.69) is 28.1 Å². The number of hydrogen-bond acceptors (Lipinski definition) is 3. The molecule has 1 N–H and O–H groups in total. The van der Waals surface area contributed by atoms with Crippen molar-refractivity contribution in [2.45, 2.75) is 96.8 Å². The zero-order valence-electron chi connectivity index (χ0n) is 17.1. The molecule has 0 saturated carbocycles. The molecule has 0 aliphatic heterocycles. The zero-order chi connectivity index (χ0) is 19.6. The predicted molar refractivity (Wildman–Crippen MR) is 97.5 cm³/mol. The van der Waals surface area contributed by atoms with Crippen LogP contribution < -0.4 is 0 Å². The van der Waals surface area contributed by atoms with Gasteiger partial charge in [0.15, 0.2) is 0 Å². The van der Waals surface area contributed by atoms with Gasteiger partial charge in [0, 0.05) is 0 Å². The molecule has 0 rings (SSSR count). The molecule has 154 valence electrons. The fraction of sp³-hybridized carbons (Fsp3) is 1.00. The number of quaternary nitrogens is 1. The Hall–Kier alpha value is -0.161. The van der Waals surface area contributed by atoms with Crippen molar-refractivity contribution in [1.29, 1.82) is 0 Å². The van der Waals surface area contributed by atoms with Gasteiger partial charge in [0.05, 0.1) is 27.7 Å². The molecule has 0 heterocycles. The van der Waals surface area contributed by atoms with Gasteiger partial charge in [-0.3, -0.25) is 0 Å². The third kappa shape index (κ3) is 40.1. The van der Waals surface area contributed by atoms with Crippen LogP contribution >= 0.6 is 0 Å². The first kappa shape index (κ1) is 27.1. The molecule has 0 aliphatic carbocycles. The molecule has 0 aliphatic rings. The van der Waals surface area contributed by atoms with E-state index in [1.807, 2.05) is 0 Å². The van der Waals surface area contributed by atoms with Crippen LogP contribution in [-0.2, 0) is 24.5 Å². The van der Waals surface area contributed by atoms with E-state index in [1.165, 1.54) is 96.4 Å². The van der Waals surface area contributed by atoms with Gasteiger partial charge in [-0.15, -0.1) is 0 Å². The number of rotatable bonds is 15. The van der Waals surface area contributed by atoms with Crippen LogP contribution in [0.25, 0.3) is 0 Å². The second kappa shape index (κ2) is 17.3. The minimum absolute atomic E-state index is 1.12. The second-order valence-corrected chi connectivity index (χ2v) is 9.24. The van der Waals surface area contributed by atoms with Crippen molar-refractivity contribution in [3.63, 3.8) is 0 Å². The molecular formula is C19H43MnNO4+. The summed E-state index contributed by atoms with van der Waals surface area (Å²) in [6.07, 6.45) is 20.4. The van der Waals surface area contributed by atoms with Crippen molar-refractivity contribution in [2.24, 2.45) is 0 Å². The van der Waals surface area contributed by atoms with E-state index >= 15 is 0 Å². The summed E-state index contributed by atoms with van der Waals surface area (Å²) in [5, 5.41) is 0. The summed E-state index contributed by atoms with van der Waals surface area (Å²) >= 11 is -5.38. The zero-order valence-corrected chi connectivity index (χ0v) is 18.3. The molecule has 0 aromatic heterocycles. The summed E-state index contributed by atoms with van der Waals surface area (Å²) in [5.74, 6) is 0. The summed E-state index contributed by atoms with van der Waals surface area (Å²) in [5.41, 5.74) is 0. The van der Waals surface area contributed by atoms with Crippen molar-refractivity contribution >= 4 is 0 Å². The predicted octanol–water partition coefficient (Wildman–Crippen LogP) is 5.26. The fourth-order valence-electron chi connectivity index (χ4n) is 2.78. The molecule has 0 aromatic carbocycles. The SMILES string of the molecule is CCCCCCCCCCCCCCCC[N+](C)(C)C.[O]=[Mn](=[O])(=[O])[OH]. The Morgan fingerprint density at radius 3 is 1.08 bits per heavy atom. The molecule has 0 unspecified atom stereocenters. The van der Waals surface area contributed by atoms with Crippen LogP contribution in [0.15, 0.2) is 0 Å². The van der Waals surface area contributed by atoms with Crippen LogP contribution in [0, 0.1) is 0 Å². The average molecular weight is 404 g/mol. The van der Waals surface area contributed by atoms with E-state index in [-0.39, 0.29) is 0 Å². The average Bonchev–Trinajstić information content (AvgIpc) is 2.45. The van der Waals surface area contributed by atoms with Crippen molar-refractivity contribution in [2.75, 3.05) is 27.7 Å². The first-order valence-corrected chi connectivity index (χ1v) is 12.0. The first-order valence-electron chi connectivity index (χ1n) is 10.00. The molecule has 0 fully saturated rings. The fourth-order valence-corrected chi connectivity index (χ4v) is 2.78. The van der Waals surface area contributed by atoms with E-state index in [1.54, 1.807) is 0 Å². The molecule has 0 bridgehead atoms. The van der Waals surface area contributed by atoms with Gasteiger partial charge in [-0.1, -0.05) is 84.0 Å². The molecule has 0 spiro atoms.